The van der Waals surface area contributed by atoms with E-state index in [4.69, 9.17) is 27.7 Å². The Labute approximate surface area is 129 Å². The molecule has 110 valence electrons. The van der Waals surface area contributed by atoms with Gasteiger partial charge in [0.2, 0.25) is 0 Å². The van der Waals surface area contributed by atoms with E-state index in [1.165, 1.54) is 26.4 Å². The second kappa shape index (κ2) is 6.15. The molecule has 0 N–H and O–H groups in total. The van der Waals surface area contributed by atoms with Crippen LogP contribution in [0, 0.1) is 0 Å². The number of ether oxygens (including phenoxy) is 2. The first kappa shape index (κ1) is 15.3. The van der Waals surface area contributed by atoms with Crippen LogP contribution in [0.25, 0.3) is 11.1 Å². The lowest BCUT2D eigenvalue weighted by molar-refractivity contribution is 0.0546. The van der Waals surface area contributed by atoms with Gasteiger partial charge in [0.25, 0.3) is 5.76 Å². The Morgan fingerprint density at radius 3 is 2.33 bits per heavy atom. The molecule has 0 unspecified atom stereocenters. The molecule has 0 radical (unpaired) electrons. The smallest absolute Gasteiger partial charge is 0.377 e. The number of hydrogen-bond donors (Lipinski definition) is 0. The van der Waals surface area contributed by atoms with Crippen molar-refractivity contribution in [3.05, 3.63) is 39.7 Å². The first-order valence-electron chi connectivity index (χ1n) is 5.61. The van der Waals surface area contributed by atoms with Crippen molar-refractivity contribution in [2.45, 2.75) is 0 Å². The van der Waals surface area contributed by atoms with Crippen LogP contribution in [0.5, 0.6) is 0 Å². The number of aromatic nitrogens is 1. The van der Waals surface area contributed by atoms with Crippen LogP contribution in [0.2, 0.25) is 10.0 Å². The summed E-state index contributed by atoms with van der Waals surface area (Å²) in [5.41, 5.74) is 0.398. The first-order valence-corrected chi connectivity index (χ1v) is 6.37. The van der Waals surface area contributed by atoms with Gasteiger partial charge in [-0.25, -0.2) is 9.59 Å². The van der Waals surface area contributed by atoms with Crippen LogP contribution >= 0.6 is 23.2 Å². The molecule has 1 heterocycles. The van der Waals surface area contributed by atoms with Crippen LogP contribution in [0.3, 0.4) is 0 Å². The Morgan fingerprint density at radius 2 is 1.76 bits per heavy atom. The lowest BCUT2D eigenvalue weighted by Gasteiger charge is -2.04. The molecule has 2 rings (SSSR count). The molecule has 1 aromatic carbocycles. The average Bonchev–Trinajstić information content (AvgIpc) is 2.93. The van der Waals surface area contributed by atoms with Gasteiger partial charge in [0.15, 0.2) is 5.69 Å². The largest absolute Gasteiger partial charge is 0.464 e. The fourth-order valence-corrected chi connectivity index (χ4v) is 1.98. The predicted octanol–water partition coefficient (Wildman–Crippen LogP) is 3.22. The van der Waals surface area contributed by atoms with E-state index < -0.39 is 11.9 Å². The molecule has 0 amide bonds. The van der Waals surface area contributed by atoms with Crippen molar-refractivity contribution < 1.29 is 23.6 Å². The minimum atomic E-state index is -0.779. The molecule has 0 spiro atoms. The van der Waals surface area contributed by atoms with Gasteiger partial charge in [-0.2, -0.15) is 0 Å². The zero-order valence-corrected chi connectivity index (χ0v) is 12.5. The van der Waals surface area contributed by atoms with Crippen LogP contribution in [0.1, 0.15) is 21.0 Å². The zero-order chi connectivity index (χ0) is 15.6. The highest BCUT2D eigenvalue weighted by Gasteiger charge is 2.28. The summed E-state index contributed by atoms with van der Waals surface area (Å²) in [6, 6.07) is 4.57. The summed E-state index contributed by atoms with van der Waals surface area (Å²) < 4.78 is 14.1. The van der Waals surface area contributed by atoms with Crippen LogP contribution in [-0.2, 0) is 9.47 Å². The highest BCUT2D eigenvalue weighted by molar-refractivity contribution is 6.42. The summed E-state index contributed by atoms with van der Waals surface area (Å²) in [5.74, 6) is -1.76. The van der Waals surface area contributed by atoms with Gasteiger partial charge in [0.1, 0.15) is 0 Å². The Hall–Kier alpha value is -2.05. The summed E-state index contributed by atoms with van der Waals surface area (Å²) in [7, 11) is 2.37. The highest BCUT2D eigenvalue weighted by atomic mass is 35.5. The number of methoxy groups -OCH3 is 2. The maximum atomic E-state index is 11.7. The highest BCUT2D eigenvalue weighted by Crippen LogP contribution is 2.33. The third kappa shape index (κ3) is 2.86. The van der Waals surface area contributed by atoms with Gasteiger partial charge in [0.05, 0.1) is 29.8 Å². The maximum absolute atomic E-state index is 11.7. The predicted molar refractivity (Wildman–Crippen MR) is 74.6 cm³/mol. The quantitative estimate of drug-likeness (QED) is 0.804. The maximum Gasteiger partial charge on any atom is 0.377 e. The molecule has 6 nitrogen and oxygen atoms in total. The molecular weight excluding hydrogens is 321 g/mol. The van der Waals surface area contributed by atoms with Crippen molar-refractivity contribution in [1.82, 2.24) is 5.16 Å². The second-order valence-electron chi connectivity index (χ2n) is 3.85. The number of hydrogen-bond acceptors (Lipinski definition) is 6. The molecule has 8 heteroatoms. The molecule has 0 saturated heterocycles. The lowest BCUT2D eigenvalue weighted by Crippen LogP contribution is -2.06. The summed E-state index contributed by atoms with van der Waals surface area (Å²) in [5, 5.41) is 4.14. The lowest BCUT2D eigenvalue weighted by atomic mass is 10.0. The SMILES string of the molecule is COC(=O)c1noc(C(=O)OC)c1-c1ccc(Cl)c(Cl)c1. The molecule has 21 heavy (non-hydrogen) atoms. The van der Waals surface area contributed by atoms with Crippen molar-refractivity contribution >= 4 is 35.1 Å². The molecule has 0 aliphatic heterocycles. The summed E-state index contributed by atoms with van der Waals surface area (Å²) in [4.78, 5) is 23.4. The molecule has 0 fully saturated rings. The van der Waals surface area contributed by atoms with Crippen molar-refractivity contribution in [3.8, 4) is 11.1 Å². The van der Waals surface area contributed by atoms with Crippen LogP contribution in [0.4, 0.5) is 0 Å². The van der Waals surface area contributed by atoms with Gasteiger partial charge in [-0.15, -0.1) is 0 Å². The Kier molecular flexibility index (Phi) is 4.50. The molecule has 2 aromatic rings. The summed E-state index contributed by atoms with van der Waals surface area (Å²) >= 11 is 11.8. The summed E-state index contributed by atoms with van der Waals surface area (Å²) in [6.45, 7) is 0. The Morgan fingerprint density at radius 1 is 1.10 bits per heavy atom. The number of carbonyl (C=O) groups is 2. The normalized spacial score (nSPS) is 10.3. The molecule has 0 aliphatic carbocycles. The number of rotatable bonds is 3. The van der Waals surface area contributed by atoms with Crippen molar-refractivity contribution in [2.75, 3.05) is 14.2 Å². The van der Waals surface area contributed by atoms with Crippen molar-refractivity contribution in [3.63, 3.8) is 0 Å². The zero-order valence-electron chi connectivity index (χ0n) is 11.0. The third-order valence-corrected chi connectivity index (χ3v) is 3.39. The topological polar surface area (TPSA) is 78.6 Å². The fourth-order valence-electron chi connectivity index (χ4n) is 1.68. The van der Waals surface area contributed by atoms with Gasteiger partial charge >= 0.3 is 11.9 Å². The molecule has 0 aliphatic rings. The number of carbonyl (C=O) groups excluding carboxylic acids is 2. The van der Waals surface area contributed by atoms with E-state index in [9.17, 15) is 9.59 Å². The van der Waals surface area contributed by atoms with Gasteiger partial charge < -0.3 is 14.0 Å². The summed E-state index contributed by atoms with van der Waals surface area (Å²) in [6.07, 6.45) is 0. The van der Waals surface area contributed by atoms with E-state index in [2.05, 4.69) is 14.6 Å². The minimum absolute atomic E-state index is 0.132. The Balaban J connectivity index is 2.68. The van der Waals surface area contributed by atoms with E-state index in [1.807, 2.05) is 0 Å². The molecule has 1 aromatic heterocycles. The fraction of sp³-hybridized carbons (Fsp3) is 0.154. The van der Waals surface area contributed by atoms with Crippen LogP contribution < -0.4 is 0 Å². The van der Waals surface area contributed by atoms with E-state index in [0.29, 0.717) is 10.6 Å². The first-order chi connectivity index (χ1) is 9.99. The monoisotopic (exact) mass is 329 g/mol. The third-order valence-electron chi connectivity index (χ3n) is 2.65. The van der Waals surface area contributed by atoms with Gasteiger partial charge in [-0.3, -0.25) is 0 Å². The van der Waals surface area contributed by atoms with Crippen LogP contribution in [-0.4, -0.2) is 31.3 Å². The average molecular weight is 330 g/mol. The molecule has 0 saturated carbocycles. The van der Waals surface area contributed by atoms with Gasteiger partial charge in [0, 0.05) is 0 Å². The van der Waals surface area contributed by atoms with E-state index in [0.717, 1.165) is 0 Å². The number of halogens is 2. The molecule has 0 bridgehead atoms. The van der Waals surface area contributed by atoms with E-state index in [-0.39, 0.29) is 22.0 Å². The second-order valence-corrected chi connectivity index (χ2v) is 4.66. The molecule has 0 atom stereocenters. The Bertz CT molecular complexity index is 677. The van der Waals surface area contributed by atoms with Crippen molar-refractivity contribution in [2.24, 2.45) is 0 Å². The standard InChI is InChI=1S/C13H9Cl2NO5/c1-19-12(17)10-9(11(21-16-10)13(18)20-2)6-3-4-7(14)8(15)5-6/h3-5H,1-2H3. The van der Waals surface area contributed by atoms with Crippen molar-refractivity contribution in [1.29, 1.82) is 0 Å². The van der Waals surface area contributed by atoms with Gasteiger partial charge in [-0.1, -0.05) is 34.4 Å². The van der Waals surface area contributed by atoms with E-state index >= 15 is 0 Å². The number of esters is 2. The minimum Gasteiger partial charge on any atom is -0.464 e. The van der Waals surface area contributed by atoms with Gasteiger partial charge in [-0.05, 0) is 17.7 Å². The number of benzene rings is 1. The van der Waals surface area contributed by atoms with Crippen LogP contribution in [0.15, 0.2) is 22.7 Å². The number of nitrogens with zero attached hydrogens (tertiary/aromatic N) is 1. The molecular formula is C13H9Cl2NO5. The van der Waals surface area contributed by atoms with E-state index in [1.54, 1.807) is 6.07 Å².